The van der Waals surface area contributed by atoms with Crippen molar-refractivity contribution in [3.8, 4) is 0 Å². The minimum atomic E-state index is -0.699. The van der Waals surface area contributed by atoms with Gasteiger partial charge in [0.15, 0.2) is 0 Å². The van der Waals surface area contributed by atoms with Gasteiger partial charge in [-0.1, -0.05) is 0 Å². The van der Waals surface area contributed by atoms with Crippen molar-refractivity contribution < 1.29 is 14.3 Å². The van der Waals surface area contributed by atoms with Crippen molar-refractivity contribution in [2.45, 2.75) is 13.8 Å². The van der Waals surface area contributed by atoms with E-state index >= 15 is 0 Å². The number of hydrogen-bond donors (Lipinski definition) is 1. The summed E-state index contributed by atoms with van der Waals surface area (Å²) < 4.78 is 4.18. The normalized spacial score (nSPS) is 10.8. The quantitative estimate of drug-likeness (QED) is 0.317. The minimum absolute atomic E-state index is 0.218. The van der Waals surface area contributed by atoms with Gasteiger partial charge < -0.3 is 10.5 Å². The molecule has 0 saturated heterocycles. The van der Waals surface area contributed by atoms with Gasteiger partial charge in [0.05, 0.1) is 0 Å². The van der Waals surface area contributed by atoms with Crippen LogP contribution in [-0.2, 0) is 14.3 Å². The maximum atomic E-state index is 10.6. The molecule has 0 aliphatic rings. The van der Waals surface area contributed by atoms with Gasteiger partial charge in [-0.15, -0.1) is 0 Å². The van der Waals surface area contributed by atoms with E-state index in [9.17, 15) is 9.59 Å². The number of esters is 2. The molecular formula is C6H9NO3. The van der Waals surface area contributed by atoms with E-state index in [1.807, 2.05) is 0 Å². The summed E-state index contributed by atoms with van der Waals surface area (Å²) in [6, 6.07) is 0. The van der Waals surface area contributed by atoms with Crippen LogP contribution < -0.4 is 5.73 Å². The molecule has 10 heavy (non-hydrogen) atoms. The van der Waals surface area contributed by atoms with Gasteiger partial charge in [-0.3, -0.25) is 4.79 Å². The van der Waals surface area contributed by atoms with Crippen molar-refractivity contribution in [2.24, 2.45) is 5.73 Å². The molecule has 0 atom stereocenters. The van der Waals surface area contributed by atoms with Crippen LogP contribution in [0.15, 0.2) is 11.8 Å². The molecule has 0 rings (SSSR count). The second-order valence-electron chi connectivity index (χ2n) is 1.73. The highest BCUT2D eigenvalue weighted by Gasteiger charge is 2.06. The fraction of sp³-hybridized carbons (Fsp3) is 0.333. The molecule has 0 radical (unpaired) electrons. The summed E-state index contributed by atoms with van der Waals surface area (Å²) in [5.41, 5.74) is 5.19. The lowest BCUT2D eigenvalue weighted by molar-refractivity contribution is -0.155. The fourth-order valence-corrected chi connectivity index (χ4v) is 0.279. The van der Waals surface area contributed by atoms with E-state index in [0.29, 0.717) is 0 Å². The van der Waals surface area contributed by atoms with Crippen molar-refractivity contribution in [1.29, 1.82) is 0 Å². The Morgan fingerprint density at radius 1 is 1.40 bits per heavy atom. The van der Waals surface area contributed by atoms with Gasteiger partial charge in [-0.2, -0.15) is 0 Å². The number of nitrogens with two attached hydrogens (primary N) is 1. The van der Waals surface area contributed by atoms with Crippen LogP contribution in [0.4, 0.5) is 0 Å². The molecule has 0 heterocycles. The lowest BCUT2D eigenvalue weighted by atomic mass is 10.3. The Morgan fingerprint density at radius 3 is 2.20 bits per heavy atom. The predicted octanol–water partition coefficient (Wildman–Crippen LogP) is -0.0614. The van der Waals surface area contributed by atoms with E-state index in [1.165, 1.54) is 6.92 Å². The second-order valence-corrected chi connectivity index (χ2v) is 1.73. The summed E-state index contributed by atoms with van der Waals surface area (Å²) in [6.45, 7) is 2.62. The average molecular weight is 143 g/mol. The second kappa shape index (κ2) is 3.66. The maximum absolute atomic E-state index is 10.6. The fourth-order valence-electron chi connectivity index (χ4n) is 0.279. The monoisotopic (exact) mass is 143 g/mol. The summed E-state index contributed by atoms with van der Waals surface area (Å²) in [4.78, 5) is 20.8. The van der Waals surface area contributed by atoms with E-state index in [2.05, 4.69) is 4.74 Å². The lowest BCUT2D eigenvalue weighted by Crippen LogP contribution is -2.10. The molecule has 4 nitrogen and oxygen atoms in total. The first-order valence-electron chi connectivity index (χ1n) is 2.69. The molecule has 56 valence electrons. The van der Waals surface area contributed by atoms with Crippen LogP contribution >= 0.6 is 0 Å². The topological polar surface area (TPSA) is 69.4 Å². The first kappa shape index (κ1) is 8.68. The molecule has 0 fully saturated rings. The van der Waals surface area contributed by atoms with Gasteiger partial charge in [0.2, 0.25) is 0 Å². The zero-order valence-corrected chi connectivity index (χ0v) is 5.88. The number of hydrogen-bond acceptors (Lipinski definition) is 4. The number of carbonyl (C=O) groups is 2. The largest absolute Gasteiger partial charge is 0.404 e. The Balaban J connectivity index is 3.99. The van der Waals surface area contributed by atoms with Gasteiger partial charge in [-0.25, -0.2) is 4.79 Å². The summed E-state index contributed by atoms with van der Waals surface area (Å²) in [7, 11) is 0. The Bertz CT molecular complexity index is 183. The Labute approximate surface area is 58.7 Å². The Hall–Kier alpha value is -1.32. The van der Waals surface area contributed by atoms with Crippen LogP contribution in [0.2, 0.25) is 0 Å². The molecule has 0 saturated carbocycles. The third kappa shape index (κ3) is 2.86. The van der Waals surface area contributed by atoms with Crippen LogP contribution in [0, 0.1) is 0 Å². The molecule has 0 amide bonds. The average Bonchev–Trinajstić information content (AvgIpc) is 1.85. The number of ether oxygens (including phenoxy) is 1. The van der Waals surface area contributed by atoms with Gasteiger partial charge in [0.25, 0.3) is 0 Å². The molecule has 0 unspecified atom stereocenters. The Morgan fingerprint density at radius 2 is 1.90 bits per heavy atom. The number of carbonyl (C=O) groups excluding carboxylic acids is 2. The first-order chi connectivity index (χ1) is 4.57. The van der Waals surface area contributed by atoms with E-state index in [0.717, 1.165) is 13.1 Å². The van der Waals surface area contributed by atoms with Gasteiger partial charge in [0.1, 0.15) is 0 Å². The summed E-state index contributed by atoms with van der Waals surface area (Å²) >= 11 is 0. The Kier molecular flexibility index (Phi) is 3.17. The van der Waals surface area contributed by atoms with Crippen LogP contribution in [-0.4, -0.2) is 11.9 Å². The summed E-state index contributed by atoms with van der Waals surface area (Å²) in [6.07, 6.45) is 1.09. The van der Waals surface area contributed by atoms with Crippen molar-refractivity contribution >= 4 is 11.9 Å². The van der Waals surface area contributed by atoms with E-state index in [-0.39, 0.29) is 5.57 Å². The van der Waals surface area contributed by atoms with E-state index in [4.69, 9.17) is 5.73 Å². The summed E-state index contributed by atoms with van der Waals surface area (Å²) in [5, 5.41) is 0. The van der Waals surface area contributed by atoms with Crippen LogP contribution in [0.1, 0.15) is 13.8 Å². The third-order valence-corrected chi connectivity index (χ3v) is 0.808. The highest BCUT2D eigenvalue weighted by molar-refractivity contribution is 5.94. The maximum Gasteiger partial charge on any atom is 0.342 e. The van der Waals surface area contributed by atoms with Crippen molar-refractivity contribution in [1.82, 2.24) is 0 Å². The molecular weight excluding hydrogens is 134 g/mol. The highest BCUT2D eigenvalue weighted by atomic mass is 16.6. The molecule has 0 aromatic heterocycles. The van der Waals surface area contributed by atoms with Gasteiger partial charge in [-0.05, 0) is 6.92 Å². The van der Waals surface area contributed by atoms with E-state index < -0.39 is 11.9 Å². The SMILES string of the molecule is CC(=O)OC(=O)C(C)=CN. The molecule has 0 aliphatic carbocycles. The van der Waals surface area contributed by atoms with E-state index in [1.54, 1.807) is 0 Å². The van der Waals surface area contributed by atoms with Crippen molar-refractivity contribution in [2.75, 3.05) is 0 Å². The zero-order valence-electron chi connectivity index (χ0n) is 5.88. The smallest absolute Gasteiger partial charge is 0.342 e. The van der Waals surface area contributed by atoms with Gasteiger partial charge in [0, 0.05) is 18.7 Å². The zero-order chi connectivity index (χ0) is 8.15. The molecule has 0 aromatic rings. The van der Waals surface area contributed by atoms with Crippen molar-refractivity contribution in [3.63, 3.8) is 0 Å². The molecule has 4 heteroatoms. The number of rotatable bonds is 1. The van der Waals surface area contributed by atoms with Crippen molar-refractivity contribution in [3.05, 3.63) is 11.8 Å². The molecule has 0 aromatic carbocycles. The molecule has 2 N–H and O–H groups in total. The highest BCUT2D eigenvalue weighted by Crippen LogP contribution is 1.93. The third-order valence-electron chi connectivity index (χ3n) is 0.808. The summed E-state index contributed by atoms with van der Waals surface area (Å²) in [5.74, 6) is -1.33. The van der Waals surface area contributed by atoms with Gasteiger partial charge >= 0.3 is 11.9 Å². The lowest BCUT2D eigenvalue weighted by Gasteiger charge is -1.96. The molecule has 0 bridgehead atoms. The minimum Gasteiger partial charge on any atom is -0.404 e. The molecule has 0 aliphatic heterocycles. The first-order valence-corrected chi connectivity index (χ1v) is 2.69. The predicted molar refractivity (Wildman–Crippen MR) is 34.7 cm³/mol. The van der Waals surface area contributed by atoms with Crippen LogP contribution in [0.25, 0.3) is 0 Å². The van der Waals surface area contributed by atoms with Crippen LogP contribution in [0.5, 0.6) is 0 Å². The standard InChI is InChI=1S/C6H9NO3/c1-4(3-7)6(9)10-5(2)8/h3H,7H2,1-2H3. The van der Waals surface area contributed by atoms with Crippen LogP contribution in [0.3, 0.4) is 0 Å². The molecule has 0 spiro atoms.